The first-order chi connectivity index (χ1) is 9.63. The fourth-order valence-corrected chi connectivity index (χ4v) is 2.63. The van der Waals surface area contributed by atoms with E-state index in [-0.39, 0.29) is 5.70 Å². The molecule has 1 aromatic carbocycles. The number of halogens is 2. The van der Waals surface area contributed by atoms with Crippen LogP contribution in [0.15, 0.2) is 46.4 Å². The van der Waals surface area contributed by atoms with E-state index in [1.807, 2.05) is 17.5 Å². The zero-order chi connectivity index (χ0) is 14.1. The van der Waals surface area contributed by atoms with E-state index in [9.17, 15) is 4.79 Å². The molecule has 1 aliphatic rings. The molecule has 0 atom stereocenters. The number of nitrogens with zero attached hydrogens (tertiary/aromatic N) is 1. The molecule has 0 spiro atoms. The molecule has 100 valence electrons. The van der Waals surface area contributed by atoms with Crippen LogP contribution in [0.4, 0.5) is 0 Å². The number of ether oxygens (including phenoxy) is 1. The molecule has 1 aromatic heterocycles. The van der Waals surface area contributed by atoms with E-state index >= 15 is 0 Å². The second-order valence-corrected chi connectivity index (χ2v) is 5.75. The molecule has 0 fully saturated rings. The monoisotopic (exact) mass is 323 g/mol. The van der Waals surface area contributed by atoms with Crippen molar-refractivity contribution >= 4 is 52.5 Å². The first kappa shape index (κ1) is 13.4. The molecule has 0 saturated heterocycles. The molecule has 0 aliphatic carbocycles. The Labute approximate surface area is 129 Å². The van der Waals surface area contributed by atoms with E-state index in [1.165, 1.54) is 11.3 Å². The highest BCUT2D eigenvalue weighted by molar-refractivity contribution is 7.12. The van der Waals surface area contributed by atoms with E-state index in [2.05, 4.69) is 4.99 Å². The minimum atomic E-state index is -0.473. The van der Waals surface area contributed by atoms with Gasteiger partial charge in [0.2, 0.25) is 5.90 Å². The van der Waals surface area contributed by atoms with Crippen LogP contribution < -0.4 is 0 Å². The van der Waals surface area contributed by atoms with Gasteiger partial charge < -0.3 is 4.74 Å². The maximum Gasteiger partial charge on any atom is 0.363 e. The second-order valence-electron chi connectivity index (χ2n) is 3.99. The third kappa shape index (κ3) is 2.63. The van der Waals surface area contributed by atoms with E-state index in [1.54, 1.807) is 24.3 Å². The molecule has 3 nitrogen and oxygen atoms in total. The summed E-state index contributed by atoms with van der Waals surface area (Å²) in [5.74, 6) is -0.143. The SMILES string of the molecule is O=C1OC(c2cccs2)=N/C1=C\c1ccc(Cl)c(Cl)c1. The van der Waals surface area contributed by atoms with Gasteiger partial charge in [-0.3, -0.25) is 0 Å². The highest BCUT2D eigenvalue weighted by Crippen LogP contribution is 2.26. The summed E-state index contributed by atoms with van der Waals surface area (Å²) in [4.78, 5) is 16.8. The lowest BCUT2D eigenvalue weighted by molar-refractivity contribution is -0.129. The predicted molar refractivity (Wildman–Crippen MR) is 81.4 cm³/mol. The normalized spacial score (nSPS) is 16.4. The maximum atomic E-state index is 11.8. The van der Waals surface area contributed by atoms with E-state index in [4.69, 9.17) is 27.9 Å². The summed E-state index contributed by atoms with van der Waals surface area (Å²) >= 11 is 13.2. The minimum Gasteiger partial charge on any atom is -0.401 e. The van der Waals surface area contributed by atoms with E-state index < -0.39 is 5.97 Å². The lowest BCUT2D eigenvalue weighted by Crippen LogP contribution is -2.03. The van der Waals surface area contributed by atoms with Crippen molar-refractivity contribution in [1.29, 1.82) is 0 Å². The maximum absolute atomic E-state index is 11.8. The number of rotatable bonds is 2. The number of hydrogen-bond acceptors (Lipinski definition) is 4. The van der Waals surface area contributed by atoms with E-state index in [0.717, 1.165) is 10.4 Å². The topological polar surface area (TPSA) is 38.7 Å². The molecule has 2 aromatic rings. The molecule has 3 rings (SSSR count). The van der Waals surface area contributed by atoms with Gasteiger partial charge in [0.15, 0.2) is 5.70 Å². The molecule has 2 heterocycles. The lowest BCUT2D eigenvalue weighted by atomic mass is 10.2. The van der Waals surface area contributed by atoms with Gasteiger partial charge in [-0.2, -0.15) is 0 Å². The van der Waals surface area contributed by atoms with Crippen molar-refractivity contribution in [3.63, 3.8) is 0 Å². The van der Waals surface area contributed by atoms with Crippen molar-refractivity contribution in [3.8, 4) is 0 Å². The van der Waals surface area contributed by atoms with Crippen molar-refractivity contribution in [2.24, 2.45) is 4.99 Å². The van der Waals surface area contributed by atoms with Gasteiger partial charge in [0, 0.05) is 0 Å². The van der Waals surface area contributed by atoms with Gasteiger partial charge in [0.05, 0.1) is 14.9 Å². The number of esters is 1. The van der Waals surface area contributed by atoms with Gasteiger partial charge in [-0.25, -0.2) is 9.79 Å². The van der Waals surface area contributed by atoms with Crippen LogP contribution in [0.2, 0.25) is 10.0 Å². The average molecular weight is 324 g/mol. The molecule has 1 aliphatic heterocycles. The molecular weight excluding hydrogens is 317 g/mol. The highest BCUT2D eigenvalue weighted by Gasteiger charge is 2.24. The van der Waals surface area contributed by atoms with Crippen LogP contribution in [0.5, 0.6) is 0 Å². The molecular formula is C14H7Cl2NO2S. The van der Waals surface area contributed by atoms with Crippen LogP contribution in [0, 0.1) is 0 Å². The Morgan fingerprint density at radius 3 is 2.75 bits per heavy atom. The van der Waals surface area contributed by atoms with Gasteiger partial charge in [0.25, 0.3) is 0 Å². The zero-order valence-corrected chi connectivity index (χ0v) is 12.3. The Bertz CT molecular complexity index is 736. The fraction of sp³-hybridized carbons (Fsp3) is 0. The number of carbonyl (C=O) groups is 1. The Balaban J connectivity index is 1.95. The number of hydrogen-bond donors (Lipinski definition) is 0. The number of thiophene rings is 1. The molecule has 6 heteroatoms. The standard InChI is InChI=1S/C14H7Cl2NO2S/c15-9-4-3-8(6-10(9)16)7-11-14(18)19-13(17-11)12-2-1-5-20-12/h1-7H/b11-7-. The molecule has 0 N–H and O–H groups in total. The van der Waals surface area contributed by atoms with Crippen molar-refractivity contribution in [3.05, 3.63) is 61.9 Å². The van der Waals surface area contributed by atoms with Gasteiger partial charge in [-0.05, 0) is 35.2 Å². The van der Waals surface area contributed by atoms with Crippen LogP contribution in [-0.4, -0.2) is 11.9 Å². The van der Waals surface area contributed by atoms with Crippen molar-refractivity contribution in [2.75, 3.05) is 0 Å². The summed E-state index contributed by atoms with van der Waals surface area (Å²) in [6.45, 7) is 0. The van der Waals surface area contributed by atoms with Gasteiger partial charge in [-0.15, -0.1) is 11.3 Å². The number of aliphatic imine (C=N–C) groups is 1. The van der Waals surface area contributed by atoms with E-state index in [0.29, 0.717) is 15.9 Å². The fourth-order valence-electron chi connectivity index (χ4n) is 1.67. The Morgan fingerprint density at radius 1 is 1.20 bits per heavy atom. The Morgan fingerprint density at radius 2 is 2.05 bits per heavy atom. The molecule has 0 radical (unpaired) electrons. The zero-order valence-electron chi connectivity index (χ0n) is 9.97. The van der Waals surface area contributed by atoms with Crippen LogP contribution >= 0.6 is 34.5 Å². The summed E-state index contributed by atoms with van der Waals surface area (Å²) < 4.78 is 5.14. The predicted octanol–water partition coefficient (Wildman–Crippen LogP) is 4.40. The van der Waals surface area contributed by atoms with Gasteiger partial charge in [0.1, 0.15) is 0 Å². The molecule has 0 bridgehead atoms. The summed E-state index contributed by atoms with van der Waals surface area (Å²) in [5.41, 5.74) is 0.981. The van der Waals surface area contributed by atoms with Crippen molar-refractivity contribution in [2.45, 2.75) is 0 Å². The lowest BCUT2D eigenvalue weighted by Gasteiger charge is -1.97. The van der Waals surface area contributed by atoms with Crippen molar-refractivity contribution in [1.82, 2.24) is 0 Å². The largest absolute Gasteiger partial charge is 0.401 e. The quantitative estimate of drug-likeness (QED) is 0.607. The van der Waals surface area contributed by atoms with Crippen LogP contribution in [0.3, 0.4) is 0 Å². The van der Waals surface area contributed by atoms with Gasteiger partial charge >= 0.3 is 5.97 Å². The summed E-state index contributed by atoms with van der Waals surface area (Å²) in [5, 5.41) is 2.78. The first-order valence-corrected chi connectivity index (χ1v) is 7.28. The highest BCUT2D eigenvalue weighted by atomic mass is 35.5. The first-order valence-electron chi connectivity index (χ1n) is 5.65. The average Bonchev–Trinajstić information content (AvgIpc) is 3.04. The smallest absolute Gasteiger partial charge is 0.363 e. The van der Waals surface area contributed by atoms with Crippen molar-refractivity contribution < 1.29 is 9.53 Å². The van der Waals surface area contributed by atoms with Crippen LogP contribution in [0.25, 0.3) is 6.08 Å². The molecule has 0 unspecified atom stereocenters. The minimum absolute atomic E-state index is 0.242. The third-order valence-corrected chi connectivity index (χ3v) is 4.20. The summed E-state index contributed by atoms with van der Waals surface area (Å²) in [6.07, 6.45) is 1.62. The summed E-state index contributed by atoms with van der Waals surface area (Å²) in [7, 11) is 0. The Kier molecular flexibility index (Phi) is 3.61. The summed E-state index contributed by atoms with van der Waals surface area (Å²) in [6, 6.07) is 8.81. The molecule has 20 heavy (non-hydrogen) atoms. The Hall–Kier alpha value is -1.62. The second kappa shape index (κ2) is 5.40. The van der Waals surface area contributed by atoms with Crippen LogP contribution in [-0.2, 0) is 9.53 Å². The van der Waals surface area contributed by atoms with Crippen LogP contribution in [0.1, 0.15) is 10.4 Å². The molecule has 0 saturated carbocycles. The third-order valence-electron chi connectivity index (χ3n) is 2.60. The number of benzene rings is 1. The molecule has 0 amide bonds. The number of cyclic esters (lactones) is 1. The number of carbonyl (C=O) groups excluding carboxylic acids is 1. The van der Waals surface area contributed by atoms with Gasteiger partial charge in [-0.1, -0.05) is 35.3 Å².